The maximum absolute atomic E-state index is 13.0. The molecule has 0 bridgehead atoms. The zero-order valence-electron chi connectivity index (χ0n) is 9.68. The second-order valence-electron chi connectivity index (χ2n) is 3.84. The van der Waals surface area contributed by atoms with Crippen LogP contribution < -0.4 is 4.74 Å². The first-order chi connectivity index (χ1) is 7.79. The average Bonchev–Trinajstić information content (AvgIpc) is 2.15. The quantitative estimate of drug-likeness (QED) is 0.868. The van der Waals surface area contributed by atoms with Crippen molar-refractivity contribution in [3.8, 4) is 5.75 Å². The average molecular weight is 262 g/mol. The van der Waals surface area contributed by atoms with E-state index in [4.69, 9.17) is 4.74 Å². The molecule has 6 heteroatoms. The van der Waals surface area contributed by atoms with Gasteiger partial charge in [-0.2, -0.15) is 0 Å². The lowest BCUT2D eigenvalue weighted by Gasteiger charge is -2.13. The molecule has 96 valence electrons. The Morgan fingerprint density at radius 1 is 1.47 bits per heavy atom. The number of rotatable bonds is 5. The second-order valence-corrected chi connectivity index (χ2v) is 6.10. The Hall–Kier alpha value is -1.14. The van der Waals surface area contributed by atoms with E-state index >= 15 is 0 Å². The summed E-state index contributed by atoms with van der Waals surface area (Å²) in [6.07, 6.45) is 0.293. The molecule has 1 atom stereocenters. The van der Waals surface area contributed by atoms with Crippen molar-refractivity contribution in [1.29, 1.82) is 0 Å². The molecule has 0 heterocycles. The molecule has 0 aliphatic rings. The largest absolute Gasteiger partial charge is 0.492 e. The number of aliphatic hydroxyl groups excluding tert-OH is 1. The van der Waals surface area contributed by atoms with Gasteiger partial charge in [0.05, 0.1) is 11.9 Å². The smallest absolute Gasteiger partial charge is 0.150 e. The third kappa shape index (κ3) is 4.70. The van der Waals surface area contributed by atoms with Crippen LogP contribution in [0.3, 0.4) is 0 Å². The van der Waals surface area contributed by atoms with Gasteiger partial charge in [-0.1, -0.05) is 0 Å². The van der Waals surface area contributed by atoms with E-state index in [1.165, 1.54) is 19.1 Å². The zero-order chi connectivity index (χ0) is 13.1. The van der Waals surface area contributed by atoms with Crippen molar-refractivity contribution in [2.75, 3.05) is 18.6 Å². The molecular formula is C11H15FO4S. The predicted octanol–water partition coefficient (Wildman–Crippen LogP) is 1.30. The maximum Gasteiger partial charge on any atom is 0.150 e. The summed E-state index contributed by atoms with van der Waals surface area (Å²) in [4.78, 5) is 0. The highest BCUT2D eigenvalue weighted by atomic mass is 32.2. The fraction of sp³-hybridized carbons (Fsp3) is 0.455. The molecule has 0 fully saturated rings. The van der Waals surface area contributed by atoms with Crippen LogP contribution in [-0.2, 0) is 9.84 Å². The van der Waals surface area contributed by atoms with E-state index in [2.05, 4.69) is 0 Å². The number of hydrogen-bond acceptors (Lipinski definition) is 4. The molecule has 0 aliphatic carbocycles. The molecule has 4 nitrogen and oxygen atoms in total. The Labute approximate surface area is 100.0 Å². The van der Waals surface area contributed by atoms with Crippen molar-refractivity contribution >= 4 is 9.84 Å². The SMILES string of the molecule is CC(O)c1ccc(F)cc1OCCS(C)(=O)=O. The van der Waals surface area contributed by atoms with Crippen molar-refractivity contribution in [2.45, 2.75) is 13.0 Å². The number of halogens is 1. The van der Waals surface area contributed by atoms with Gasteiger partial charge >= 0.3 is 0 Å². The summed E-state index contributed by atoms with van der Waals surface area (Å²) in [5.74, 6) is -0.477. The van der Waals surface area contributed by atoms with Crippen molar-refractivity contribution in [3.63, 3.8) is 0 Å². The normalized spacial score (nSPS) is 13.4. The topological polar surface area (TPSA) is 63.6 Å². The summed E-state index contributed by atoms with van der Waals surface area (Å²) in [5, 5.41) is 9.43. The monoisotopic (exact) mass is 262 g/mol. The Morgan fingerprint density at radius 3 is 2.65 bits per heavy atom. The molecule has 0 saturated heterocycles. The first kappa shape index (κ1) is 13.9. The van der Waals surface area contributed by atoms with Crippen LogP contribution in [0, 0.1) is 5.82 Å². The molecule has 0 radical (unpaired) electrons. The van der Waals surface area contributed by atoms with Gasteiger partial charge in [-0.15, -0.1) is 0 Å². The molecule has 1 N–H and O–H groups in total. The molecule has 0 aromatic heterocycles. The van der Waals surface area contributed by atoms with Gasteiger partial charge in [-0.3, -0.25) is 0 Å². The summed E-state index contributed by atoms with van der Waals surface area (Å²) >= 11 is 0. The first-order valence-electron chi connectivity index (χ1n) is 5.07. The number of benzene rings is 1. The molecule has 1 aromatic rings. The maximum atomic E-state index is 13.0. The highest BCUT2D eigenvalue weighted by Crippen LogP contribution is 2.25. The van der Waals surface area contributed by atoms with Gasteiger partial charge in [0.25, 0.3) is 0 Å². The standard InChI is InChI=1S/C11H15FO4S/c1-8(13)10-4-3-9(12)7-11(10)16-5-6-17(2,14)15/h3-4,7-8,13H,5-6H2,1-2H3. The van der Waals surface area contributed by atoms with Crippen LogP contribution >= 0.6 is 0 Å². The molecular weight excluding hydrogens is 247 g/mol. The lowest BCUT2D eigenvalue weighted by molar-refractivity contribution is 0.192. The van der Waals surface area contributed by atoms with Crippen LogP contribution in [0.1, 0.15) is 18.6 Å². The number of hydrogen-bond donors (Lipinski definition) is 1. The summed E-state index contributed by atoms with van der Waals surface area (Å²) in [6, 6.07) is 3.76. The van der Waals surface area contributed by atoms with Gasteiger partial charge in [0.15, 0.2) is 9.84 Å². The van der Waals surface area contributed by atoms with Crippen LogP contribution in [0.2, 0.25) is 0 Å². The van der Waals surface area contributed by atoms with Gasteiger partial charge < -0.3 is 9.84 Å². The van der Waals surface area contributed by atoms with E-state index in [9.17, 15) is 17.9 Å². The summed E-state index contributed by atoms with van der Waals surface area (Å²) in [5.41, 5.74) is 0.430. The molecule has 1 rings (SSSR count). The van der Waals surface area contributed by atoms with Crippen LogP contribution in [0.15, 0.2) is 18.2 Å². The summed E-state index contributed by atoms with van der Waals surface area (Å²) < 4.78 is 40.0. The van der Waals surface area contributed by atoms with E-state index in [0.29, 0.717) is 5.56 Å². The van der Waals surface area contributed by atoms with Gasteiger partial charge in [-0.05, 0) is 19.1 Å². The van der Waals surface area contributed by atoms with Gasteiger partial charge in [0.1, 0.15) is 18.2 Å². The van der Waals surface area contributed by atoms with Crippen LogP contribution in [0.25, 0.3) is 0 Å². The van der Waals surface area contributed by atoms with E-state index in [1.54, 1.807) is 0 Å². The molecule has 0 amide bonds. The van der Waals surface area contributed by atoms with E-state index < -0.39 is 21.8 Å². The molecule has 17 heavy (non-hydrogen) atoms. The number of sulfone groups is 1. The third-order valence-corrected chi connectivity index (χ3v) is 3.05. The molecule has 0 spiro atoms. The minimum Gasteiger partial charge on any atom is -0.492 e. The first-order valence-corrected chi connectivity index (χ1v) is 7.13. The van der Waals surface area contributed by atoms with E-state index in [1.807, 2.05) is 0 Å². The van der Waals surface area contributed by atoms with Crippen molar-refractivity contribution in [1.82, 2.24) is 0 Å². The van der Waals surface area contributed by atoms with E-state index in [0.717, 1.165) is 12.3 Å². The fourth-order valence-corrected chi connectivity index (χ4v) is 1.67. The Kier molecular flexibility index (Phi) is 4.47. The fourth-order valence-electron chi connectivity index (χ4n) is 1.28. The van der Waals surface area contributed by atoms with Crippen molar-refractivity contribution < 1.29 is 22.7 Å². The van der Waals surface area contributed by atoms with Crippen LogP contribution in [-0.4, -0.2) is 32.1 Å². The van der Waals surface area contributed by atoms with E-state index in [-0.39, 0.29) is 18.1 Å². The molecule has 1 aromatic carbocycles. The van der Waals surface area contributed by atoms with Crippen LogP contribution in [0.5, 0.6) is 5.75 Å². The summed E-state index contributed by atoms with van der Waals surface area (Å²) in [7, 11) is -3.12. The second kappa shape index (κ2) is 5.46. The highest BCUT2D eigenvalue weighted by molar-refractivity contribution is 7.90. The minimum atomic E-state index is -3.12. The van der Waals surface area contributed by atoms with Gasteiger partial charge in [0, 0.05) is 17.9 Å². The van der Waals surface area contributed by atoms with Gasteiger partial charge in [0.2, 0.25) is 0 Å². The van der Waals surface area contributed by atoms with Crippen LogP contribution in [0.4, 0.5) is 4.39 Å². The lowest BCUT2D eigenvalue weighted by atomic mass is 10.1. The Bertz CT molecular complexity index is 482. The minimum absolute atomic E-state index is 0.0675. The molecule has 0 aliphatic heterocycles. The number of aliphatic hydroxyl groups is 1. The Balaban J connectivity index is 2.79. The lowest BCUT2D eigenvalue weighted by Crippen LogP contribution is -2.13. The van der Waals surface area contributed by atoms with Crippen molar-refractivity contribution in [3.05, 3.63) is 29.6 Å². The summed E-state index contributed by atoms with van der Waals surface area (Å²) in [6.45, 7) is 1.46. The number of ether oxygens (including phenoxy) is 1. The van der Waals surface area contributed by atoms with Crippen molar-refractivity contribution in [2.24, 2.45) is 0 Å². The molecule has 1 unspecified atom stereocenters. The predicted molar refractivity (Wildman–Crippen MR) is 62.2 cm³/mol. The zero-order valence-corrected chi connectivity index (χ0v) is 10.5. The third-order valence-electron chi connectivity index (χ3n) is 2.14. The Morgan fingerprint density at radius 2 is 2.12 bits per heavy atom. The van der Waals surface area contributed by atoms with Gasteiger partial charge in [-0.25, -0.2) is 12.8 Å². The molecule has 0 saturated carbocycles. The highest BCUT2D eigenvalue weighted by Gasteiger charge is 2.11.